The summed E-state index contributed by atoms with van der Waals surface area (Å²) in [5, 5.41) is 14.0. The number of hydrogen-bond donors (Lipinski definition) is 1. The van der Waals surface area contributed by atoms with Crippen molar-refractivity contribution >= 4 is 0 Å². The molecule has 0 aliphatic carbocycles. The molecule has 0 radical (unpaired) electrons. The summed E-state index contributed by atoms with van der Waals surface area (Å²) in [6.45, 7) is 4.53. The third-order valence-electron chi connectivity index (χ3n) is 2.82. The van der Waals surface area contributed by atoms with Gasteiger partial charge in [-0.25, -0.2) is 13.2 Å². The Morgan fingerprint density at radius 1 is 1.25 bits per heavy atom. The fourth-order valence-electron chi connectivity index (χ4n) is 1.77. The Labute approximate surface area is 113 Å². The third-order valence-corrected chi connectivity index (χ3v) is 2.82. The van der Waals surface area contributed by atoms with E-state index in [0.717, 1.165) is 29.8 Å². The van der Waals surface area contributed by atoms with Crippen LogP contribution in [0.25, 0.3) is 5.69 Å². The smallest absolute Gasteiger partial charge is 0.196 e. The number of nitrogens with zero attached hydrogens (tertiary/aromatic N) is 4. The van der Waals surface area contributed by atoms with Gasteiger partial charge in [0.05, 0.1) is 6.04 Å². The molecule has 20 heavy (non-hydrogen) atoms. The van der Waals surface area contributed by atoms with Crippen molar-refractivity contribution in [1.82, 2.24) is 25.5 Å². The van der Waals surface area contributed by atoms with Gasteiger partial charge in [0.2, 0.25) is 0 Å². The molecule has 0 saturated carbocycles. The molecular weight excluding hydrogens is 271 g/mol. The van der Waals surface area contributed by atoms with Gasteiger partial charge in [-0.2, -0.15) is 4.68 Å². The van der Waals surface area contributed by atoms with Crippen molar-refractivity contribution in [2.75, 3.05) is 6.54 Å². The van der Waals surface area contributed by atoms with Gasteiger partial charge in [-0.1, -0.05) is 6.92 Å². The standard InChI is InChI=1S/C12H14F3N5/c1-3-6-16-7(2)12-17-18-19-20(12)9-5-4-8(13)10(14)11(9)15/h4-5,7,16H,3,6H2,1-2H3. The molecule has 1 unspecified atom stereocenters. The van der Waals surface area contributed by atoms with Crippen molar-refractivity contribution in [3.63, 3.8) is 0 Å². The number of aromatic nitrogens is 4. The van der Waals surface area contributed by atoms with Crippen molar-refractivity contribution in [2.45, 2.75) is 26.3 Å². The third kappa shape index (κ3) is 2.64. The number of halogens is 3. The minimum Gasteiger partial charge on any atom is -0.307 e. The molecule has 108 valence electrons. The fourth-order valence-corrected chi connectivity index (χ4v) is 1.77. The van der Waals surface area contributed by atoms with E-state index in [1.807, 2.05) is 6.92 Å². The second-order valence-corrected chi connectivity index (χ2v) is 4.32. The van der Waals surface area contributed by atoms with Crippen LogP contribution in [0.4, 0.5) is 13.2 Å². The molecular formula is C12H14F3N5. The summed E-state index contributed by atoms with van der Waals surface area (Å²) in [6, 6.07) is 1.68. The summed E-state index contributed by atoms with van der Waals surface area (Å²) < 4.78 is 41.0. The van der Waals surface area contributed by atoms with Crippen molar-refractivity contribution in [3.05, 3.63) is 35.4 Å². The highest BCUT2D eigenvalue weighted by molar-refractivity contribution is 5.34. The van der Waals surface area contributed by atoms with Crippen molar-refractivity contribution in [3.8, 4) is 5.69 Å². The van der Waals surface area contributed by atoms with E-state index in [1.165, 1.54) is 0 Å². The Morgan fingerprint density at radius 2 is 2.00 bits per heavy atom. The summed E-state index contributed by atoms with van der Waals surface area (Å²) in [5.74, 6) is -3.79. The van der Waals surface area contributed by atoms with Crippen LogP contribution in [-0.4, -0.2) is 26.8 Å². The van der Waals surface area contributed by atoms with Gasteiger partial charge in [0.15, 0.2) is 23.3 Å². The molecule has 1 atom stereocenters. The van der Waals surface area contributed by atoms with E-state index in [-0.39, 0.29) is 11.7 Å². The van der Waals surface area contributed by atoms with Crippen molar-refractivity contribution in [2.24, 2.45) is 0 Å². The lowest BCUT2D eigenvalue weighted by molar-refractivity contribution is 0.440. The number of benzene rings is 1. The van der Waals surface area contributed by atoms with Crippen molar-refractivity contribution in [1.29, 1.82) is 0 Å². The molecule has 8 heteroatoms. The van der Waals surface area contributed by atoms with Crippen LogP contribution in [-0.2, 0) is 0 Å². The zero-order valence-electron chi connectivity index (χ0n) is 11.1. The maximum absolute atomic E-state index is 13.8. The Bertz CT molecular complexity index is 599. The van der Waals surface area contributed by atoms with Gasteiger partial charge in [-0.15, -0.1) is 5.10 Å². The molecule has 1 aromatic heterocycles. The molecule has 1 heterocycles. The van der Waals surface area contributed by atoms with Crippen LogP contribution in [0.5, 0.6) is 0 Å². The minimum atomic E-state index is -1.54. The average Bonchev–Trinajstić information content (AvgIpc) is 2.91. The Kier molecular flexibility index (Phi) is 4.33. The lowest BCUT2D eigenvalue weighted by Gasteiger charge is -2.13. The van der Waals surface area contributed by atoms with E-state index in [9.17, 15) is 13.2 Å². The van der Waals surface area contributed by atoms with Crippen LogP contribution in [0.3, 0.4) is 0 Å². The molecule has 2 aromatic rings. The number of nitrogens with one attached hydrogen (secondary N) is 1. The van der Waals surface area contributed by atoms with Gasteiger partial charge in [0.1, 0.15) is 5.69 Å². The maximum Gasteiger partial charge on any atom is 0.196 e. The van der Waals surface area contributed by atoms with E-state index >= 15 is 0 Å². The van der Waals surface area contributed by atoms with E-state index in [2.05, 4.69) is 20.8 Å². The molecule has 0 bridgehead atoms. The highest BCUT2D eigenvalue weighted by Crippen LogP contribution is 2.20. The van der Waals surface area contributed by atoms with E-state index < -0.39 is 17.5 Å². The molecule has 0 fully saturated rings. The first-order valence-electron chi connectivity index (χ1n) is 6.21. The topological polar surface area (TPSA) is 55.6 Å². The molecule has 0 saturated heterocycles. The highest BCUT2D eigenvalue weighted by Gasteiger charge is 2.21. The lowest BCUT2D eigenvalue weighted by atomic mass is 10.2. The monoisotopic (exact) mass is 285 g/mol. The number of hydrogen-bond acceptors (Lipinski definition) is 4. The van der Waals surface area contributed by atoms with Crippen LogP contribution in [0.1, 0.15) is 32.1 Å². The van der Waals surface area contributed by atoms with Gasteiger partial charge >= 0.3 is 0 Å². The highest BCUT2D eigenvalue weighted by atomic mass is 19.2. The minimum absolute atomic E-state index is 0.228. The van der Waals surface area contributed by atoms with Gasteiger partial charge in [-0.3, -0.25) is 0 Å². The van der Waals surface area contributed by atoms with Gasteiger partial charge in [0.25, 0.3) is 0 Å². The van der Waals surface area contributed by atoms with Gasteiger partial charge in [0, 0.05) is 0 Å². The first-order chi connectivity index (χ1) is 9.56. The molecule has 5 nitrogen and oxygen atoms in total. The number of rotatable bonds is 5. The number of tetrazole rings is 1. The predicted molar refractivity (Wildman–Crippen MR) is 65.7 cm³/mol. The first kappa shape index (κ1) is 14.4. The molecule has 0 aliphatic rings. The summed E-state index contributed by atoms with van der Waals surface area (Å²) in [7, 11) is 0. The first-order valence-corrected chi connectivity index (χ1v) is 6.21. The van der Waals surface area contributed by atoms with Crippen LogP contribution < -0.4 is 5.32 Å². The lowest BCUT2D eigenvalue weighted by Crippen LogP contribution is -2.23. The largest absolute Gasteiger partial charge is 0.307 e. The zero-order chi connectivity index (χ0) is 14.7. The summed E-state index contributed by atoms with van der Waals surface area (Å²) in [4.78, 5) is 0. The normalized spacial score (nSPS) is 12.7. The van der Waals surface area contributed by atoms with Crippen LogP contribution >= 0.6 is 0 Å². The molecule has 1 aromatic carbocycles. The summed E-state index contributed by atoms with van der Waals surface area (Å²) >= 11 is 0. The fraction of sp³-hybridized carbons (Fsp3) is 0.417. The second kappa shape index (κ2) is 6.00. The Morgan fingerprint density at radius 3 is 2.70 bits per heavy atom. The summed E-state index contributed by atoms with van der Waals surface area (Å²) in [5.41, 5.74) is -0.228. The van der Waals surface area contributed by atoms with E-state index in [1.54, 1.807) is 6.92 Å². The van der Waals surface area contributed by atoms with E-state index in [0.29, 0.717) is 5.82 Å². The maximum atomic E-state index is 13.8. The van der Waals surface area contributed by atoms with Crippen molar-refractivity contribution < 1.29 is 13.2 Å². The van der Waals surface area contributed by atoms with Gasteiger partial charge in [-0.05, 0) is 42.4 Å². The predicted octanol–water partition coefficient (Wildman–Crippen LogP) is 2.14. The van der Waals surface area contributed by atoms with E-state index in [4.69, 9.17) is 0 Å². The van der Waals surface area contributed by atoms with Crippen LogP contribution in [0.15, 0.2) is 12.1 Å². The zero-order valence-corrected chi connectivity index (χ0v) is 11.1. The quantitative estimate of drug-likeness (QED) is 0.855. The second-order valence-electron chi connectivity index (χ2n) is 4.32. The SMILES string of the molecule is CCCNC(C)c1nnnn1-c1ccc(F)c(F)c1F. The van der Waals surface area contributed by atoms with Crippen LogP contribution in [0, 0.1) is 17.5 Å². The molecule has 0 spiro atoms. The molecule has 0 aliphatic heterocycles. The van der Waals surface area contributed by atoms with Gasteiger partial charge < -0.3 is 5.32 Å². The van der Waals surface area contributed by atoms with Crippen LogP contribution in [0.2, 0.25) is 0 Å². The molecule has 0 amide bonds. The summed E-state index contributed by atoms with van der Waals surface area (Å²) in [6.07, 6.45) is 0.908. The Hall–Kier alpha value is -1.96. The average molecular weight is 285 g/mol. The Balaban J connectivity index is 2.40. The molecule has 1 N–H and O–H groups in total. The molecule has 2 rings (SSSR count).